The molecule has 0 unspecified atom stereocenters. The Labute approximate surface area is 161 Å². The summed E-state index contributed by atoms with van der Waals surface area (Å²) < 4.78 is 10.9. The normalized spacial score (nSPS) is 16.6. The average Bonchev–Trinajstić information content (AvgIpc) is 2.75. The Balaban J connectivity index is 1.63. The van der Waals surface area contributed by atoms with Crippen LogP contribution in [0.2, 0.25) is 0 Å². The minimum Gasteiger partial charge on any atom is -0.497 e. The van der Waals surface area contributed by atoms with Crippen LogP contribution in [0.5, 0.6) is 5.75 Å². The third-order valence-corrected chi connectivity index (χ3v) is 5.25. The first-order chi connectivity index (χ1) is 13.3. The molecule has 1 saturated heterocycles. The zero-order valence-electron chi connectivity index (χ0n) is 16.2. The van der Waals surface area contributed by atoms with E-state index in [1.807, 2.05) is 18.2 Å². The third-order valence-electron chi connectivity index (χ3n) is 5.25. The fourth-order valence-corrected chi connectivity index (χ4v) is 3.56. The van der Waals surface area contributed by atoms with Crippen LogP contribution in [0.1, 0.15) is 24.0 Å². The highest BCUT2D eigenvalue weighted by atomic mass is 16.5. The molecule has 1 fully saturated rings. The van der Waals surface area contributed by atoms with Gasteiger partial charge in [-0.2, -0.15) is 0 Å². The van der Waals surface area contributed by atoms with Crippen LogP contribution in [-0.4, -0.2) is 39.9 Å². The number of aliphatic imine (C=N–C) groups is 1. The van der Waals surface area contributed by atoms with Crippen molar-refractivity contribution in [3.8, 4) is 5.75 Å². The standard InChI is InChI=1S/C22H29N3O2/c1-23-21(24-16-18-7-6-10-20(15-18)26-2)25-17-22(11-13-27-14-12-22)19-8-4-3-5-9-19/h3-10,15H,11-14,16-17H2,1-2H3,(H2,23,24,25). The van der Waals surface area contributed by atoms with Crippen molar-refractivity contribution in [2.24, 2.45) is 4.99 Å². The molecule has 144 valence electrons. The second-order valence-electron chi connectivity index (χ2n) is 6.89. The summed E-state index contributed by atoms with van der Waals surface area (Å²) in [5, 5.41) is 6.93. The Morgan fingerprint density at radius 2 is 1.85 bits per heavy atom. The fourth-order valence-electron chi connectivity index (χ4n) is 3.56. The van der Waals surface area contributed by atoms with Crippen LogP contribution in [-0.2, 0) is 16.7 Å². The SMILES string of the molecule is CN=C(NCc1cccc(OC)c1)NCC1(c2ccccc2)CCOCC1. The number of nitrogens with one attached hydrogen (secondary N) is 2. The van der Waals surface area contributed by atoms with Gasteiger partial charge in [-0.3, -0.25) is 4.99 Å². The van der Waals surface area contributed by atoms with Crippen LogP contribution in [0.4, 0.5) is 0 Å². The molecule has 2 N–H and O–H groups in total. The van der Waals surface area contributed by atoms with Crippen LogP contribution >= 0.6 is 0 Å². The molecule has 2 aromatic carbocycles. The molecule has 0 bridgehead atoms. The molecule has 0 aromatic heterocycles. The Hall–Kier alpha value is -2.53. The molecule has 5 heteroatoms. The molecule has 1 heterocycles. The lowest BCUT2D eigenvalue weighted by Crippen LogP contribution is -2.47. The monoisotopic (exact) mass is 367 g/mol. The summed E-state index contributed by atoms with van der Waals surface area (Å²) in [6.07, 6.45) is 2.02. The smallest absolute Gasteiger partial charge is 0.191 e. The van der Waals surface area contributed by atoms with E-state index in [0.29, 0.717) is 6.54 Å². The summed E-state index contributed by atoms with van der Waals surface area (Å²) in [6, 6.07) is 18.8. The van der Waals surface area contributed by atoms with Crippen molar-refractivity contribution in [1.82, 2.24) is 10.6 Å². The minimum absolute atomic E-state index is 0.0765. The third kappa shape index (κ3) is 5.01. The van der Waals surface area contributed by atoms with Crippen LogP contribution in [0.15, 0.2) is 59.6 Å². The highest BCUT2D eigenvalue weighted by Gasteiger charge is 2.34. The molecule has 0 atom stereocenters. The number of ether oxygens (including phenoxy) is 2. The number of rotatable bonds is 6. The molecule has 5 nitrogen and oxygen atoms in total. The molecule has 0 saturated carbocycles. The number of hydrogen-bond donors (Lipinski definition) is 2. The summed E-state index contributed by atoms with van der Waals surface area (Å²) >= 11 is 0. The zero-order valence-corrected chi connectivity index (χ0v) is 16.2. The van der Waals surface area contributed by atoms with Gasteiger partial charge in [0.05, 0.1) is 7.11 Å². The van der Waals surface area contributed by atoms with Crippen molar-refractivity contribution in [2.75, 3.05) is 33.9 Å². The van der Waals surface area contributed by atoms with Gasteiger partial charge in [0.15, 0.2) is 5.96 Å². The molecule has 27 heavy (non-hydrogen) atoms. The Morgan fingerprint density at radius 3 is 2.56 bits per heavy atom. The lowest BCUT2D eigenvalue weighted by atomic mass is 9.74. The van der Waals surface area contributed by atoms with E-state index in [1.165, 1.54) is 5.56 Å². The number of hydrogen-bond acceptors (Lipinski definition) is 3. The predicted octanol–water partition coefficient (Wildman–Crippen LogP) is 3.11. The van der Waals surface area contributed by atoms with Gasteiger partial charge < -0.3 is 20.1 Å². The summed E-state index contributed by atoms with van der Waals surface area (Å²) in [5.41, 5.74) is 2.60. The van der Waals surface area contributed by atoms with Crippen molar-refractivity contribution in [1.29, 1.82) is 0 Å². The van der Waals surface area contributed by atoms with Gasteiger partial charge in [0, 0.05) is 38.8 Å². The van der Waals surface area contributed by atoms with Crippen LogP contribution < -0.4 is 15.4 Å². The molecule has 1 aliphatic heterocycles. The molecule has 0 radical (unpaired) electrons. The molecule has 2 aromatic rings. The van der Waals surface area contributed by atoms with Crippen LogP contribution in [0, 0.1) is 0 Å². The molecule has 1 aliphatic rings. The Bertz CT molecular complexity index is 740. The quantitative estimate of drug-likeness (QED) is 0.608. The van der Waals surface area contributed by atoms with Gasteiger partial charge >= 0.3 is 0 Å². The summed E-state index contributed by atoms with van der Waals surface area (Å²) in [7, 11) is 3.49. The first-order valence-corrected chi connectivity index (χ1v) is 9.46. The van der Waals surface area contributed by atoms with Crippen LogP contribution in [0.3, 0.4) is 0 Å². The van der Waals surface area contributed by atoms with Gasteiger partial charge in [0.1, 0.15) is 5.75 Å². The van der Waals surface area contributed by atoms with Gasteiger partial charge in [0.2, 0.25) is 0 Å². The largest absolute Gasteiger partial charge is 0.497 e. The maximum atomic E-state index is 5.62. The summed E-state index contributed by atoms with van der Waals surface area (Å²) in [6.45, 7) is 3.12. The van der Waals surface area contributed by atoms with E-state index in [-0.39, 0.29) is 5.41 Å². The molecule has 3 rings (SSSR count). The Kier molecular flexibility index (Phi) is 6.71. The summed E-state index contributed by atoms with van der Waals surface area (Å²) in [4.78, 5) is 4.39. The number of guanidine groups is 1. The highest BCUT2D eigenvalue weighted by molar-refractivity contribution is 5.79. The Morgan fingerprint density at radius 1 is 1.07 bits per heavy atom. The van der Waals surface area contributed by atoms with Gasteiger partial charge in [0.25, 0.3) is 0 Å². The van der Waals surface area contributed by atoms with Crippen molar-refractivity contribution < 1.29 is 9.47 Å². The van der Waals surface area contributed by atoms with E-state index in [2.05, 4.69) is 52.0 Å². The van der Waals surface area contributed by atoms with E-state index in [9.17, 15) is 0 Å². The molecule has 0 spiro atoms. The predicted molar refractivity (Wildman–Crippen MR) is 109 cm³/mol. The average molecular weight is 367 g/mol. The lowest BCUT2D eigenvalue weighted by molar-refractivity contribution is 0.0514. The first kappa shape index (κ1) is 19.2. The van der Waals surface area contributed by atoms with E-state index in [4.69, 9.17) is 9.47 Å². The number of methoxy groups -OCH3 is 1. The molecular weight excluding hydrogens is 338 g/mol. The maximum Gasteiger partial charge on any atom is 0.191 e. The number of benzene rings is 2. The van der Waals surface area contributed by atoms with E-state index in [0.717, 1.165) is 49.9 Å². The van der Waals surface area contributed by atoms with Crippen molar-refractivity contribution >= 4 is 5.96 Å². The second-order valence-corrected chi connectivity index (χ2v) is 6.89. The van der Waals surface area contributed by atoms with E-state index in [1.54, 1.807) is 14.2 Å². The van der Waals surface area contributed by atoms with Crippen molar-refractivity contribution in [3.63, 3.8) is 0 Å². The lowest BCUT2D eigenvalue weighted by Gasteiger charge is -2.38. The maximum absolute atomic E-state index is 5.62. The van der Waals surface area contributed by atoms with E-state index >= 15 is 0 Å². The zero-order chi connectivity index (χ0) is 19.0. The fraction of sp³-hybridized carbons (Fsp3) is 0.409. The van der Waals surface area contributed by atoms with Gasteiger partial charge in [-0.1, -0.05) is 42.5 Å². The van der Waals surface area contributed by atoms with Crippen molar-refractivity contribution in [2.45, 2.75) is 24.8 Å². The molecular formula is C22H29N3O2. The van der Waals surface area contributed by atoms with Gasteiger partial charge in [-0.15, -0.1) is 0 Å². The molecule has 0 amide bonds. The topological polar surface area (TPSA) is 54.9 Å². The van der Waals surface area contributed by atoms with Gasteiger partial charge in [-0.05, 0) is 36.1 Å². The van der Waals surface area contributed by atoms with Crippen LogP contribution in [0.25, 0.3) is 0 Å². The van der Waals surface area contributed by atoms with Gasteiger partial charge in [-0.25, -0.2) is 0 Å². The first-order valence-electron chi connectivity index (χ1n) is 9.46. The van der Waals surface area contributed by atoms with Crippen molar-refractivity contribution in [3.05, 3.63) is 65.7 Å². The number of nitrogens with zero attached hydrogens (tertiary/aromatic N) is 1. The van der Waals surface area contributed by atoms with E-state index < -0.39 is 0 Å². The minimum atomic E-state index is 0.0765. The highest BCUT2D eigenvalue weighted by Crippen LogP contribution is 2.34. The summed E-state index contributed by atoms with van der Waals surface area (Å²) in [5.74, 6) is 1.67. The molecule has 0 aliphatic carbocycles. The second kappa shape index (κ2) is 9.42.